The van der Waals surface area contributed by atoms with E-state index in [0.29, 0.717) is 31.9 Å². The summed E-state index contributed by atoms with van der Waals surface area (Å²) in [7, 11) is 1.54. The number of carbonyl (C=O) groups is 3. The number of aromatic nitrogens is 1. The Kier molecular flexibility index (Phi) is 7.52. The summed E-state index contributed by atoms with van der Waals surface area (Å²) in [5.41, 5.74) is 1.24. The van der Waals surface area contributed by atoms with Crippen molar-refractivity contribution in [2.45, 2.75) is 16.2 Å². The number of H-pyrrole nitrogens is 1. The lowest BCUT2D eigenvalue weighted by Crippen LogP contribution is -2.32. The average Bonchev–Trinajstić information content (AvgIpc) is 3.47. The summed E-state index contributed by atoms with van der Waals surface area (Å²) >= 11 is 8.45. The lowest BCUT2D eigenvalue weighted by molar-refractivity contribution is -0.122. The first-order valence-electron chi connectivity index (χ1n) is 12.6. The van der Waals surface area contributed by atoms with Crippen LogP contribution >= 0.6 is 34.7 Å². The van der Waals surface area contributed by atoms with E-state index in [4.69, 9.17) is 21.1 Å². The second kappa shape index (κ2) is 11.3. The summed E-state index contributed by atoms with van der Waals surface area (Å²) in [6.45, 7) is -0.360. The van der Waals surface area contributed by atoms with Crippen molar-refractivity contribution < 1.29 is 28.2 Å². The number of hydrogen-bond donors (Lipinski definition) is 2. The van der Waals surface area contributed by atoms with Gasteiger partial charge in [0.05, 0.1) is 23.7 Å². The number of hydrogen-bond acceptors (Lipinski definition) is 8. The van der Waals surface area contributed by atoms with Crippen LogP contribution in [0.25, 0.3) is 0 Å². The van der Waals surface area contributed by atoms with Crippen LogP contribution in [-0.2, 0) is 14.4 Å². The molecule has 0 spiro atoms. The van der Waals surface area contributed by atoms with E-state index in [-0.39, 0.29) is 22.9 Å². The standard InChI is InChI=1S/C29H21ClFN3O6S2/c1-39-18-9-5-16(6-10-18)32-21(35)13-40-20-11-2-14(30)12-19(20)22-23-25(41-26-24(22)42-29(38)33-26)28(37)34(27(23)36)17-7-3-15(31)4-8-17/h2-12,22-23,25H,13H2,1H3,(H,32,35)(H,33,38). The number of ether oxygens (including phenoxy) is 2. The molecule has 1 aromatic heterocycles. The van der Waals surface area contributed by atoms with Gasteiger partial charge < -0.3 is 19.8 Å². The van der Waals surface area contributed by atoms with Crippen molar-refractivity contribution >= 4 is 63.8 Å². The van der Waals surface area contributed by atoms with E-state index >= 15 is 0 Å². The predicted octanol–water partition coefficient (Wildman–Crippen LogP) is 5.05. The van der Waals surface area contributed by atoms with Gasteiger partial charge in [-0.05, 0) is 66.7 Å². The molecule has 0 saturated carbocycles. The maximum Gasteiger partial charge on any atom is 0.305 e. The second-order valence-corrected chi connectivity index (χ2v) is 12.1. The molecule has 3 unspecified atom stereocenters. The number of rotatable bonds is 7. The first kappa shape index (κ1) is 28.0. The fraction of sp³-hybridized carbons (Fsp3) is 0.172. The van der Waals surface area contributed by atoms with Crippen LogP contribution in [0.2, 0.25) is 5.02 Å². The van der Waals surface area contributed by atoms with E-state index in [2.05, 4.69) is 10.3 Å². The quantitative estimate of drug-likeness (QED) is 0.276. The first-order chi connectivity index (χ1) is 20.2. The average molecular weight is 626 g/mol. The molecular weight excluding hydrogens is 605 g/mol. The van der Waals surface area contributed by atoms with E-state index < -0.39 is 40.6 Å². The highest BCUT2D eigenvalue weighted by Gasteiger charge is 2.56. The van der Waals surface area contributed by atoms with Crippen molar-refractivity contribution in [2.24, 2.45) is 5.92 Å². The first-order valence-corrected chi connectivity index (χ1v) is 14.7. The third-order valence-corrected chi connectivity index (χ3v) is 9.58. The molecule has 13 heteroatoms. The number of benzene rings is 3. The van der Waals surface area contributed by atoms with E-state index in [9.17, 15) is 23.6 Å². The van der Waals surface area contributed by atoms with Gasteiger partial charge in [-0.1, -0.05) is 34.7 Å². The molecule has 1 saturated heterocycles. The molecule has 3 heterocycles. The highest BCUT2D eigenvalue weighted by Crippen LogP contribution is 2.54. The van der Waals surface area contributed by atoms with E-state index in [0.717, 1.165) is 28.0 Å². The van der Waals surface area contributed by atoms with Gasteiger partial charge >= 0.3 is 4.87 Å². The van der Waals surface area contributed by atoms with Crippen molar-refractivity contribution in [1.82, 2.24) is 4.98 Å². The molecule has 1 fully saturated rings. The molecule has 0 aliphatic carbocycles. The fourth-order valence-electron chi connectivity index (χ4n) is 5.11. The summed E-state index contributed by atoms with van der Waals surface area (Å²) in [6, 6.07) is 16.7. The van der Waals surface area contributed by atoms with Gasteiger partial charge in [-0.25, -0.2) is 9.29 Å². The van der Waals surface area contributed by atoms with Gasteiger partial charge in [0.1, 0.15) is 22.6 Å². The fourth-order valence-corrected chi connectivity index (χ4v) is 7.79. The van der Waals surface area contributed by atoms with Crippen molar-refractivity contribution in [3.63, 3.8) is 0 Å². The lowest BCUT2D eigenvalue weighted by atomic mass is 9.82. The number of anilines is 2. The van der Waals surface area contributed by atoms with Crippen LogP contribution < -0.4 is 24.6 Å². The molecule has 4 aromatic rings. The molecule has 9 nitrogen and oxygen atoms in total. The SMILES string of the molecule is COc1ccc(NC(=O)COc2ccc(Cl)cc2C2c3sc(=O)[nH]c3SC3C(=O)N(c4ccc(F)cc4)C(=O)C32)cc1. The minimum absolute atomic E-state index is 0.245. The summed E-state index contributed by atoms with van der Waals surface area (Å²) in [6.07, 6.45) is 0. The number of fused-ring (bicyclic) bond motifs is 2. The van der Waals surface area contributed by atoms with Crippen LogP contribution in [-0.4, -0.2) is 41.7 Å². The highest BCUT2D eigenvalue weighted by molar-refractivity contribution is 8.00. The van der Waals surface area contributed by atoms with E-state index in [1.54, 1.807) is 49.6 Å². The van der Waals surface area contributed by atoms with Gasteiger partial charge in [0.2, 0.25) is 11.8 Å². The molecule has 3 aromatic carbocycles. The molecule has 2 N–H and O–H groups in total. The van der Waals surface area contributed by atoms with Crippen molar-refractivity contribution in [1.29, 1.82) is 0 Å². The monoisotopic (exact) mass is 625 g/mol. The van der Waals surface area contributed by atoms with E-state index in [1.807, 2.05) is 0 Å². The largest absolute Gasteiger partial charge is 0.497 e. The molecule has 0 radical (unpaired) electrons. The maximum absolute atomic E-state index is 13.9. The van der Waals surface area contributed by atoms with Crippen molar-refractivity contribution in [3.8, 4) is 11.5 Å². The smallest absolute Gasteiger partial charge is 0.305 e. The third kappa shape index (κ3) is 5.17. The van der Waals surface area contributed by atoms with Crippen LogP contribution in [0.5, 0.6) is 11.5 Å². The summed E-state index contributed by atoms with van der Waals surface area (Å²) < 4.78 is 24.7. The maximum atomic E-state index is 13.9. The van der Waals surface area contributed by atoms with Crippen LogP contribution in [0.1, 0.15) is 16.4 Å². The molecule has 214 valence electrons. The number of amides is 3. The Bertz CT molecular complexity index is 1760. The van der Waals surface area contributed by atoms with Crippen LogP contribution in [0, 0.1) is 11.7 Å². The predicted molar refractivity (Wildman–Crippen MR) is 157 cm³/mol. The Labute approximate surface area is 251 Å². The zero-order valence-electron chi connectivity index (χ0n) is 21.8. The number of nitrogens with one attached hydrogen (secondary N) is 2. The van der Waals surface area contributed by atoms with Crippen LogP contribution in [0.15, 0.2) is 76.6 Å². The number of thioether (sulfide) groups is 1. The number of thiazole rings is 1. The zero-order valence-corrected chi connectivity index (χ0v) is 24.1. The number of aromatic amines is 1. The number of nitrogens with zero attached hydrogens (tertiary/aromatic N) is 1. The number of imide groups is 1. The lowest BCUT2D eigenvalue weighted by Gasteiger charge is -2.31. The van der Waals surface area contributed by atoms with Crippen LogP contribution in [0.4, 0.5) is 15.8 Å². The van der Waals surface area contributed by atoms with Gasteiger partial charge in [-0.2, -0.15) is 0 Å². The molecule has 3 amide bonds. The number of carbonyl (C=O) groups excluding carboxylic acids is 3. The minimum atomic E-state index is -0.916. The zero-order chi connectivity index (χ0) is 29.5. The highest BCUT2D eigenvalue weighted by atomic mass is 35.5. The molecule has 6 rings (SSSR count). The van der Waals surface area contributed by atoms with Gasteiger partial charge in [-0.15, -0.1) is 0 Å². The minimum Gasteiger partial charge on any atom is -0.497 e. The number of methoxy groups -OCH3 is 1. The summed E-state index contributed by atoms with van der Waals surface area (Å²) in [4.78, 5) is 56.7. The molecule has 2 aliphatic heterocycles. The summed E-state index contributed by atoms with van der Waals surface area (Å²) in [5.74, 6) is -2.69. The molecule has 3 atom stereocenters. The number of halogens is 2. The van der Waals surface area contributed by atoms with Crippen molar-refractivity contribution in [3.05, 3.63) is 97.7 Å². The molecule has 42 heavy (non-hydrogen) atoms. The van der Waals surface area contributed by atoms with Gasteiger partial charge in [0.15, 0.2) is 6.61 Å². The Balaban J connectivity index is 1.34. The normalized spacial score (nSPS) is 19.3. The topological polar surface area (TPSA) is 118 Å². The van der Waals surface area contributed by atoms with E-state index in [1.165, 1.54) is 24.3 Å². The Hall–Kier alpha value is -4.13. The van der Waals surface area contributed by atoms with Crippen molar-refractivity contribution in [2.75, 3.05) is 23.9 Å². The Morgan fingerprint density at radius 3 is 2.50 bits per heavy atom. The van der Waals surface area contributed by atoms with Crippen LogP contribution in [0.3, 0.4) is 0 Å². The summed E-state index contributed by atoms with van der Waals surface area (Å²) in [5, 5.41) is 2.69. The molecule has 2 aliphatic rings. The van der Waals surface area contributed by atoms with Gasteiger partial charge in [-0.3, -0.25) is 19.2 Å². The Morgan fingerprint density at radius 2 is 1.79 bits per heavy atom. The second-order valence-electron chi connectivity index (χ2n) is 9.49. The molecule has 0 bridgehead atoms. The van der Waals surface area contributed by atoms with Gasteiger partial charge in [0.25, 0.3) is 5.91 Å². The Morgan fingerprint density at radius 1 is 1.05 bits per heavy atom. The van der Waals surface area contributed by atoms with Gasteiger partial charge in [0, 0.05) is 27.1 Å². The molecular formula is C29H21ClFN3O6S2. The third-order valence-electron chi connectivity index (χ3n) is 6.95.